The minimum Gasteiger partial charge on any atom is -0.349 e. The average Bonchev–Trinajstić information content (AvgIpc) is 3.21. The maximum Gasteiger partial charge on any atom is 0.261 e. The summed E-state index contributed by atoms with van der Waals surface area (Å²) in [4.78, 5) is 24.5. The summed E-state index contributed by atoms with van der Waals surface area (Å²) in [6.45, 7) is 6.43. The molecule has 0 saturated carbocycles. The first kappa shape index (κ1) is 14.9. The van der Waals surface area contributed by atoms with Crippen LogP contribution in [0.25, 0.3) is 9.53 Å². The van der Waals surface area contributed by atoms with Crippen molar-refractivity contribution in [3.05, 3.63) is 23.1 Å². The van der Waals surface area contributed by atoms with E-state index in [9.17, 15) is 4.79 Å². The molecule has 1 amide bonds. The summed E-state index contributed by atoms with van der Waals surface area (Å²) in [6.07, 6.45) is 1.42. The number of aromatic amines is 1. The number of thiazole rings is 1. The van der Waals surface area contributed by atoms with Gasteiger partial charge in [0.1, 0.15) is 17.0 Å². The molecule has 3 aromatic heterocycles. The smallest absolute Gasteiger partial charge is 0.261 e. The van der Waals surface area contributed by atoms with Crippen LogP contribution in [0.5, 0.6) is 0 Å². The summed E-state index contributed by atoms with van der Waals surface area (Å²) in [5, 5.41) is 10.3. The molecule has 9 heteroatoms. The van der Waals surface area contributed by atoms with Gasteiger partial charge < -0.3 is 10.2 Å². The molecule has 0 spiro atoms. The number of thiophene rings is 1. The lowest BCUT2D eigenvalue weighted by Crippen LogP contribution is -2.22. The fourth-order valence-electron chi connectivity index (χ4n) is 2.03. The summed E-state index contributed by atoms with van der Waals surface area (Å²) in [5.74, 6) is 0.518. The van der Waals surface area contributed by atoms with Crippen LogP contribution in [-0.4, -0.2) is 39.2 Å². The number of hydrogen-bond acceptors (Lipinski definition) is 7. The largest absolute Gasteiger partial charge is 0.349 e. The summed E-state index contributed by atoms with van der Waals surface area (Å²) in [7, 11) is 0. The van der Waals surface area contributed by atoms with E-state index in [0.717, 1.165) is 27.8 Å². The van der Waals surface area contributed by atoms with Crippen molar-refractivity contribution in [2.45, 2.75) is 20.4 Å². The Morgan fingerprint density at radius 3 is 2.82 bits per heavy atom. The highest BCUT2D eigenvalue weighted by molar-refractivity contribution is 7.29. The standard InChI is InChI=1S/C13H16N6OS2/c1-3-19(4-2)13-17-12-9(22-13)5-8(21-12)11(20)14-6-10-15-7-16-18-10/h5,7H,3-4,6H2,1-2H3,(H,14,20)(H,15,16,18). The van der Waals surface area contributed by atoms with Gasteiger partial charge in [0.2, 0.25) is 0 Å². The highest BCUT2D eigenvalue weighted by Gasteiger charge is 2.16. The van der Waals surface area contributed by atoms with Crippen LogP contribution in [-0.2, 0) is 6.54 Å². The molecule has 3 heterocycles. The number of carbonyl (C=O) groups is 1. The number of nitrogens with one attached hydrogen (secondary N) is 2. The van der Waals surface area contributed by atoms with Crippen molar-refractivity contribution in [1.82, 2.24) is 25.5 Å². The lowest BCUT2D eigenvalue weighted by atomic mass is 10.4. The minimum absolute atomic E-state index is 0.115. The van der Waals surface area contributed by atoms with Crippen LogP contribution < -0.4 is 10.2 Å². The molecule has 0 aliphatic heterocycles. The van der Waals surface area contributed by atoms with Crippen LogP contribution in [0.2, 0.25) is 0 Å². The zero-order valence-electron chi connectivity index (χ0n) is 12.3. The van der Waals surface area contributed by atoms with Crippen molar-refractivity contribution in [3.63, 3.8) is 0 Å². The van der Waals surface area contributed by atoms with Gasteiger partial charge in [-0.2, -0.15) is 5.10 Å². The predicted octanol–water partition coefficient (Wildman–Crippen LogP) is 2.25. The van der Waals surface area contributed by atoms with E-state index in [1.165, 1.54) is 17.7 Å². The highest BCUT2D eigenvalue weighted by atomic mass is 32.1. The molecule has 3 aromatic rings. The first-order chi connectivity index (χ1) is 10.7. The molecule has 7 nitrogen and oxygen atoms in total. The van der Waals surface area contributed by atoms with Gasteiger partial charge in [0, 0.05) is 13.1 Å². The number of fused-ring (bicyclic) bond motifs is 1. The molecule has 0 bridgehead atoms. The third kappa shape index (κ3) is 2.95. The molecule has 0 aromatic carbocycles. The quantitative estimate of drug-likeness (QED) is 0.721. The zero-order chi connectivity index (χ0) is 15.5. The molecule has 2 N–H and O–H groups in total. The van der Waals surface area contributed by atoms with E-state index in [-0.39, 0.29) is 5.91 Å². The van der Waals surface area contributed by atoms with Gasteiger partial charge in [0.15, 0.2) is 5.13 Å². The van der Waals surface area contributed by atoms with Crippen molar-refractivity contribution >= 4 is 43.2 Å². The molecule has 0 saturated heterocycles. The Bertz CT molecular complexity index is 727. The van der Waals surface area contributed by atoms with Crippen molar-refractivity contribution in [3.8, 4) is 0 Å². The van der Waals surface area contributed by atoms with Gasteiger partial charge in [-0.15, -0.1) is 11.3 Å². The molecule has 116 valence electrons. The van der Waals surface area contributed by atoms with Crippen LogP contribution >= 0.6 is 22.7 Å². The number of rotatable bonds is 6. The number of anilines is 1. The second-order valence-electron chi connectivity index (χ2n) is 4.56. The number of hydrogen-bond donors (Lipinski definition) is 2. The first-order valence-corrected chi connectivity index (χ1v) is 8.62. The van der Waals surface area contributed by atoms with E-state index in [1.807, 2.05) is 6.07 Å². The van der Waals surface area contributed by atoms with Crippen LogP contribution in [0.3, 0.4) is 0 Å². The number of amides is 1. The van der Waals surface area contributed by atoms with Gasteiger partial charge in [-0.25, -0.2) is 9.97 Å². The SMILES string of the molecule is CCN(CC)c1nc2sc(C(=O)NCc3ncn[nH]3)cc2s1. The van der Waals surface area contributed by atoms with Crippen molar-refractivity contribution in [2.75, 3.05) is 18.0 Å². The summed E-state index contributed by atoms with van der Waals surface area (Å²) >= 11 is 3.04. The first-order valence-electron chi connectivity index (χ1n) is 6.99. The summed E-state index contributed by atoms with van der Waals surface area (Å²) in [6, 6.07) is 1.90. The molecule has 3 rings (SSSR count). The Labute approximate surface area is 135 Å². The Morgan fingerprint density at radius 2 is 2.18 bits per heavy atom. The lowest BCUT2D eigenvalue weighted by molar-refractivity contribution is 0.0954. The number of H-pyrrole nitrogens is 1. The zero-order valence-corrected chi connectivity index (χ0v) is 13.9. The maximum atomic E-state index is 12.1. The van der Waals surface area contributed by atoms with Gasteiger partial charge in [-0.3, -0.25) is 9.89 Å². The Morgan fingerprint density at radius 1 is 1.36 bits per heavy atom. The van der Waals surface area contributed by atoms with Gasteiger partial charge >= 0.3 is 0 Å². The molecular weight excluding hydrogens is 320 g/mol. The monoisotopic (exact) mass is 336 g/mol. The van der Waals surface area contributed by atoms with Crippen molar-refractivity contribution in [2.24, 2.45) is 0 Å². The van der Waals surface area contributed by atoms with Gasteiger partial charge in [0.05, 0.1) is 16.1 Å². The van der Waals surface area contributed by atoms with E-state index in [0.29, 0.717) is 17.2 Å². The maximum absolute atomic E-state index is 12.1. The van der Waals surface area contributed by atoms with Crippen LogP contribution in [0, 0.1) is 0 Å². The number of aromatic nitrogens is 4. The topological polar surface area (TPSA) is 86.8 Å². The Kier molecular flexibility index (Phi) is 4.34. The highest BCUT2D eigenvalue weighted by Crippen LogP contribution is 2.34. The molecule has 0 radical (unpaired) electrons. The number of nitrogens with zero attached hydrogens (tertiary/aromatic N) is 4. The van der Waals surface area contributed by atoms with Crippen LogP contribution in [0.1, 0.15) is 29.3 Å². The molecular formula is C13H16N6OS2. The summed E-state index contributed by atoms with van der Waals surface area (Å²) in [5.41, 5.74) is 0. The van der Waals surface area contributed by atoms with Crippen molar-refractivity contribution in [1.29, 1.82) is 0 Å². The van der Waals surface area contributed by atoms with Gasteiger partial charge in [-0.05, 0) is 19.9 Å². The second kappa shape index (κ2) is 6.41. The van der Waals surface area contributed by atoms with Crippen molar-refractivity contribution < 1.29 is 4.79 Å². The normalized spacial score (nSPS) is 11.0. The Balaban J connectivity index is 1.72. The van der Waals surface area contributed by atoms with Crippen LogP contribution in [0.15, 0.2) is 12.4 Å². The van der Waals surface area contributed by atoms with Gasteiger partial charge in [0.25, 0.3) is 5.91 Å². The third-order valence-electron chi connectivity index (χ3n) is 3.22. The second-order valence-corrected chi connectivity index (χ2v) is 6.60. The molecule has 0 aliphatic carbocycles. The predicted molar refractivity (Wildman–Crippen MR) is 88.6 cm³/mol. The average molecular weight is 336 g/mol. The Hall–Kier alpha value is -2.00. The van der Waals surface area contributed by atoms with E-state index in [2.05, 4.69) is 44.2 Å². The fraction of sp³-hybridized carbons (Fsp3) is 0.385. The lowest BCUT2D eigenvalue weighted by Gasteiger charge is -2.16. The van der Waals surface area contributed by atoms with Gasteiger partial charge in [-0.1, -0.05) is 11.3 Å². The number of carbonyl (C=O) groups excluding carboxylic acids is 1. The molecule has 0 aliphatic rings. The minimum atomic E-state index is -0.115. The van der Waals surface area contributed by atoms with E-state index in [4.69, 9.17) is 0 Å². The molecule has 0 atom stereocenters. The van der Waals surface area contributed by atoms with E-state index >= 15 is 0 Å². The summed E-state index contributed by atoms with van der Waals surface area (Å²) < 4.78 is 1.05. The third-order valence-corrected chi connectivity index (χ3v) is 5.44. The molecule has 22 heavy (non-hydrogen) atoms. The van der Waals surface area contributed by atoms with E-state index < -0.39 is 0 Å². The van der Waals surface area contributed by atoms with E-state index in [1.54, 1.807) is 11.3 Å². The van der Waals surface area contributed by atoms with Crippen LogP contribution in [0.4, 0.5) is 5.13 Å². The molecule has 0 fully saturated rings. The molecule has 0 unspecified atom stereocenters. The fourth-order valence-corrected chi connectivity index (χ4v) is 4.29.